The molecule has 2 rings (SSSR count). The van der Waals surface area contributed by atoms with Crippen molar-refractivity contribution in [2.45, 2.75) is 13.5 Å². The summed E-state index contributed by atoms with van der Waals surface area (Å²) in [7, 11) is 0. The van der Waals surface area contributed by atoms with E-state index >= 15 is 0 Å². The van der Waals surface area contributed by atoms with Gasteiger partial charge in [0.15, 0.2) is 0 Å². The second-order valence-electron chi connectivity index (χ2n) is 3.96. The van der Waals surface area contributed by atoms with Crippen LogP contribution in [0.4, 0.5) is 0 Å². The van der Waals surface area contributed by atoms with Crippen molar-refractivity contribution in [2.24, 2.45) is 0 Å². The van der Waals surface area contributed by atoms with Crippen molar-refractivity contribution in [3.63, 3.8) is 0 Å². The average molecular weight is 308 g/mol. The van der Waals surface area contributed by atoms with Crippen molar-refractivity contribution < 1.29 is 4.74 Å². The first-order valence-electron chi connectivity index (χ1n) is 5.71. The summed E-state index contributed by atoms with van der Waals surface area (Å²) < 4.78 is 8.30. The van der Waals surface area contributed by atoms with E-state index in [1.807, 2.05) is 37.3 Å². The van der Waals surface area contributed by atoms with E-state index in [9.17, 15) is 4.79 Å². The van der Waals surface area contributed by atoms with Gasteiger partial charge >= 0.3 is 0 Å². The first-order valence-corrected chi connectivity index (χ1v) is 6.51. The molecule has 0 aliphatic rings. The Hall–Kier alpha value is -1.55. The van der Waals surface area contributed by atoms with E-state index < -0.39 is 0 Å². The zero-order chi connectivity index (χ0) is 13.0. The third-order valence-corrected chi connectivity index (χ3v) is 3.14. The molecule has 0 fully saturated rings. The first kappa shape index (κ1) is 12.9. The molecule has 4 heteroatoms. The van der Waals surface area contributed by atoms with Gasteiger partial charge in [-0.2, -0.15) is 0 Å². The Kier molecular flexibility index (Phi) is 4.20. The smallest absolute Gasteiger partial charge is 0.250 e. The minimum Gasteiger partial charge on any atom is -0.492 e. The maximum atomic E-state index is 11.6. The summed E-state index contributed by atoms with van der Waals surface area (Å²) in [6, 6.07) is 12.9. The normalized spacial score (nSPS) is 10.3. The number of nitrogens with zero attached hydrogens (tertiary/aromatic N) is 1. The van der Waals surface area contributed by atoms with Gasteiger partial charge < -0.3 is 9.30 Å². The summed E-state index contributed by atoms with van der Waals surface area (Å²) in [6.07, 6.45) is 0. The monoisotopic (exact) mass is 307 g/mol. The predicted octanol–water partition coefficient (Wildman–Crippen LogP) is 3.00. The Balaban J connectivity index is 1.99. The molecule has 0 amide bonds. The molecule has 0 spiro atoms. The number of halogens is 1. The number of ether oxygens (including phenoxy) is 1. The lowest BCUT2D eigenvalue weighted by molar-refractivity contribution is 0.295. The maximum absolute atomic E-state index is 11.6. The molecule has 0 radical (unpaired) electrons. The highest BCUT2D eigenvalue weighted by Gasteiger charge is 2.00. The van der Waals surface area contributed by atoms with Crippen LogP contribution in [0.5, 0.6) is 5.75 Å². The van der Waals surface area contributed by atoms with Crippen LogP contribution in [0.2, 0.25) is 0 Å². The quantitative estimate of drug-likeness (QED) is 0.869. The van der Waals surface area contributed by atoms with Crippen molar-refractivity contribution in [3.05, 3.63) is 63.0 Å². The van der Waals surface area contributed by atoms with Crippen LogP contribution in [0.3, 0.4) is 0 Å². The second-order valence-corrected chi connectivity index (χ2v) is 4.88. The average Bonchev–Trinajstić information content (AvgIpc) is 2.33. The van der Waals surface area contributed by atoms with Crippen LogP contribution < -0.4 is 10.3 Å². The highest BCUT2D eigenvalue weighted by molar-refractivity contribution is 9.10. The van der Waals surface area contributed by atoms with Crippen molar-refractivity contribution >= 4 is 15.9 Å². The van der Waals surface area contributed by atoms with Crippen LogP contribution in [0.15, 0.2) is 51.7 Å². The molecule has 0 aliphatic carbocycles. The Morgan fingerprint density at radius 3 is 2.72 bits per heavy atom. The van der Waals surface area contributed by atoms with Crippen LogP contribution in [-0.2, 0) is 6.54 Å². The number of aromatic nitrogens is 1. The third-order valence-electron chi connectivity index (χ3n) is 2.65. The molecule has 0 bridgehead atoms. The SMILES string of the molecule is Cc1cccc(=O)n1CCOc1cccc(Br)c1. The molecule has 0 saturated heterocycles. The highest BCUT2D eigenvalue weighted by Crippen LogP contribution is 2.17. The largest absolute Gasteiger partial charge is 0.492 e. The number of benzene rings is 1. The zero-order valence-electron chi connectivity index (χ0n) is 10.1. The van der Waals surface area contributed by atoms with E-state index in [1.165, 1.54) is 0 Å². The van der Waals surface area contributed by atoms with Gasteiger partial charge in [-0.15, -0.1) is 0 Å². The molecule has 94 valence electrons. The summed E-state index contributed by atoms with van der Waals surface area (Å²) in [6.45, 7) is 2.94. The molecule has 0 unspecified atom stereocenters. The molecule has 2 aromatic rings. The zero-order valence-corrected chi connectivity index (χ0v) is 11.7. The van der Waals surface area contributed by atoms with E-state index in [4.69, 9.17) is 4.74 Å². The summed E-state index contributed by atoms with van der Waals surface area (Å²) in [5.74, 6) is 0.797. The standard InChI is InChI=1S/C14H14BrNO2/c1-11-4-2-7-14(17)16(11)8-9-18-13-6-3-5-12(15)10-13/h2-7,10H,8-9H2,1H3. The van der Waals surface area contributed by atoms with Gasteiger partial charge in [0, 0.05) is 16.2 Å². The molecule has 1 aromatic heterocycles. The third kappa shape index (κ3) is 3.23. The fourth-order valence-electron chi connectivity index (χ4n) is 1.72. The maximum Gasteiger partial charge on any atom is 0.250 e. The molecule has 0 atom stereocenters. The van der Waals surface area contributed by atoms with Gasteiger partial charge in [-0.1, -0.05) is 28.1 Å². The lowest BCUT2D eigenvalue weighted by Gasteiger charge is -2.10. The number of aryl methyl sites for hydroxylation is 1. The summed E-state index contributed by atoms with van der Waals surface area (Å²) in [4.78, 5) is 11.6. The Morgan fingerprint density at radius 2 is 2.00 bits per heavy atom. The van der Waals surface area contributed by atoms with Crippen LogP contribution in [-0.4, -0.2) is 11.2 Å². The molecule has 3 nitrogen and oxygen atoms in total. The number of hydrogen-bond donors (Lipinski definition) is 0. The van der Waals surface area contributed by atoms with Gasteiger partial charge in [0.05, 0.1) is 6.54 Å². The summed E-state index contributed by atoms with van der Waals surface area (Å²) in [5, 5.41) is 0. The Labute approximate surface area is 114 Å². The van der Waals surface area contributed by atoms with Crippen LogP contribution in [0.1, 0.15) is 5.69 Å². The molecule has 18 heavy (non-hydrogen) atoms. The number of hydrogen-bond acceptors (Lipinski definition) is 2. The van der Waals surface area contributed by atoms with Gasteiger partial charge in [-0.25, -0.2) is 0 Å². The minimum atomic E-state index is 0.00726. The lowest BCUT2D eigenvalue weighted by Crippen LogP contribution is -2.23. The Bertz CT molecular complexity index is 592. The van der Waals surface area contributed by atoms with E-state index in [2.05, 4.69) is 15.9 Å². The molecular formula is C14H14BrNO2. The molecule has 1 aromatic carbocycles. The van der Waals surface area contributed by atoms with Gasteiger partial charge in [0.25, 0.3) is 5.56 Å². The van der Waals surface area contributed by atoms with Crippen molar-refractivity contribution in [1.82, 2.24) is 4.57 Å². The van der Waals surface area contributed by atoms with Gasteiger partial charge in [-0.3, -0.25) is 4.79 Å². The van der Waals surface area contributed by atoms with Crippen molar-refractivity contribution in [3.8, 4) is 5.75 Å². The topological polar surface area (TPSA) is 31.2 Å². The first-order chi connectivity index (χ1) is 8.66. The molecule has 0 N–H and O–H groups in total. The van der Waals surface area contributed by atoms with Crippen LogP contribution in [0, 0.1) is 6.92 Å². The summed E-state index contributed by atoms with van der Waals surface area (Å²) >= 11 is 3.39. The van der Waals surface area contributed by atoms with E-state index in [1.54, 1.807) is 16.7 Å². The highest BCUT2D eigenvalue weighted by atomic mass is 79.9. The van der Waals surface area contributed by atoms with E-state index in [0.29, 0.717) is 13.2 Å². The second kappa shape index (κ2) is 5.87. The predicted molar refractivity (Wildman–Crippen MR) is 75.1 cm³/mol. The molecule has 1 heterocycles. The fraction of sp³-hybridized carbons (Fsp3) is 0.214. The van der Waals surface area contributed by atoms with Crippen molar-refractivity contribution in [1.29, 1.82) is 0 Å². The van der Waals surface area contributed by atoms with E-state index in [-0.39, 0.29) is 5.56 Å². The van der Waals surface area contributed by atoms with Crippen molar-refractivity contribution in [2.75, 3.05) is 6.61 Å². The minimum absolute atomic E-state index is 0.00726. The van der Waals surface area contributed by atoms with Crippen LogP contribution in [0.25, 0.3) is 0 Å². The number of pyridine rings is 1. The molecule has 0 aliphatic heterocycles. The van der Waals surface area contributed by atoms with Gasteiger partial charge in [0.1, 0.15) is 12.4 Å². The van der Waals surface area contributed by atoms with Crippen LogP contribution >= 0.6 is 15.9 Å². The number of rotatable bonds is 4. The van der Waals surface area contributed by atoms with Gasteiger partial charge in [0.2, 0.25) is 0 Å². The van der Waals surface area contributed by atoms with Gasteiger partial charge in [-0.05, 0) is 31.2 Å². The summed E-state index contributed by atoms with van der Waals surface area (Å²) in [5.41, 5.74) is 0.952. The fourth-order valence-corrected chi connectivity index (χ4v) is 2.10. The Morgan fingerprint density at radius 1 is 1.22 bits per heavy atom. The lowest BCUT2D eigenvalue weighted by atomic mass is 10.3. The van der Waals surface area contributed by atoms with E-state index in [0.717, 1.165) is 15.9 Å². The molecular weight excluding hydrogens is 294 g/mol. The molecule has 0 saturated carbocycles.